The molecule has 0 bridgehead atoms. The smallest absolute Gasteiger partial charge is 0.243 e. The van der Waals surface area contributed by atoms with E-state index in [1.807, 2.05) is 25.1 Å². The number of hydrogen-bond donors (Lipinski definition) is 1. The summed E-state index contributed by atoms with van der Waals surface area (Å²) < 4.78 is 27.7. The van der Waals surface area contributed by atoms with Crippen molar-refractivity contribution in [2.75, 3.05) is 11.9 Å². The Bertz CT molecular complexity index is 1070. The van der Waals surface area contributed by atoms with E-state index in [1.165, 1.54) is 4.31 Å². The van der Waals surface area contributed by atoms with Crippen molar-refractivity contribution in [1.29, 1.82) is 0 Å². The van der Waals surface area contributed by atoms with Crippen LogP contribution in [0.25, 0.3) is 0 Å². The van der Waals surface area contributed by atoms with E-state index in [2.05, 4.69) is 20.3 Å². The van der Waals surface area contributed by atoms with E-state index in [-0.39, 0.29) is 6.04 Å². The summed E-state index contributed by atoms with van der Waals surface area (Å²) in [5, 5.41) is 3.14. The van der Waals surface area contributed by atoms with Gasteiger partial charge in [-0.2, -0.15) is 4.31 Å². The SMILES string of the molecule is Cc1cccc(Nc2cncc([C@H]3CCCN3S(=O)(=O)c3ccccc3)n2)n1. The summed E-state index contributed by atoms with van der Waals surface area (Å²) in [6.07, 6.45) is 4.75. The number of sulfonamides is 1. The fourth-order valence-corrected chi connectivity index (χ4v) is 5.09. The molecule has 1 fully saturated rings. The lowest BCUT2D eigenvalue weighted by Crippen LogP contribution is -2.31. The lowest BCUT2D eigenvalue weighted by molar-refractivity contribution is 0.390. The molecule has 0 spiro atoms. The van der Waals surface area contributed by atoms with Crippen molar-refractivity contribution in [1.82, 2.24) is 19.3 Å². The van der Waals surface area contributed by atoms with Crippen LogP contribution in [0.1, 0.15) is 30.3 Å². The molecule has 1 aromatic carbocycles. The van der Waals surface area contributed by atoms with Crippen LogP contribution >= 0.6 is 0 Å². The van der Waals surface area contributed by atoms with Crippen molar-refractivity contribution in [2.45, 2.75) is 30.7 Å². The van der Waals surface area contributed by atoms with Crippen molar-refractivity contribution >= 4 is 21.7 Å². The van der Waals surface area contributed by atoms with Crippen LogP contribution in [0.3, 0.4) is 0 Å². The van der Waals surface area contributed by atoms with Gasteiger partial charge < -0.3 is 5.32 Å². The van der Waals surface area contributed by atoms with Gasteiger partial charge in [0.05, 0.1) is 29.0 Å². The molecule has 1 N–H and O–H groups in total. The maximum atomic E-state index is 13.1. The molecule has 1 aliphatic heterocycles. The van der Waals surface area contributed by atoms with Gasteiger partial charge in [0.2, 0.25) is 10.0 Å². The zero-order chi connectivity index (χ0) is 19.6. The van der Waals surface area contributed by atoms with Gasteiger partial charge >= 0.3 is 0 Å². The molecule has 28 heavy (non-hydrogen) atoms. The Balaban J connectivity index is 1.61. The standard InChI is InChI=1S/C20H21N5O2S/c1-15-7-5-11-19(22-15)24-20-14-21-13-17(23-20)18-10-6-12-25(18)28(26,27)16-8-3-2-4-9-16/h2-5,7-9,11,13-14,18H,6,10,12H2,1H3,(H,22,23,24)/t18-/m1/s1. The van der Waals surface area contributed by atoms with Gasteiger partial charge in [0.15, 0.2) is 0 Å². The minimum absolute atomic E-state index is 0.299. The summed E-state index contributed by atoms with van der Waals surface area (Å²) in [5.41, 5.74) is 1.53. The van der Waals surface area contributed by atoms with Crippen LogP contribution in [-0.2, 0) is 10.0 Å². The minimum Gasteiger partial charge on any atom is -0.324 e. The molecule has 1 saturated heterocycles. The number of aryl methyl sites for hydroxylation is 1. The lowest BCUT2D eigenvalue weighted by atomic mass is 10.2. The summed E-state index contributed by atoms with van der Waals surface area (Å²) in [7, 11) is -3.58. The molecule has 0 saturated carbocycles. The molecule has 7 nitrogen and oxygen atoms in total. The van der Waals surface area contributed by atoms with Crippen LogP contribution in [0.15, 0.2) is 65.8 Å². The molecule has 3 heterocycles. The monoisotopic (exact) mass is 395 g/mol. The third kappa shape index (κ3) is 3.74. The van der Waals surface area contributed by atoms with Crippen LogP contribution in [0.2, 0.25) is 0 Å². The van der Waals surface area contributed by atoms with E-state index in [1.54, 1.807) is 42.7 Å². The summed E-state index contributed by atoms with van der Waals surface area (Å²) in [6.45, 7) is 2.39. The molecular formula is C20H21N5O2S. The van der Waals surface area contributed by atoms with Gasteiger partial charge in [-0.1, -0.05) is 24.3 Å². The van der Waals surface area contributed by atoms with Gasteiger partial charge in [-0.25, -0.2) is 18.4 Å². The Kier molecular flexibility index (Phi) is 5.06. The fourth-order valence-electron chi connectivity index (χ4n) is 3.40. The Morgan fingerprint density at radius 1 is 1.00 bits per heavy atom. The van der Waals surface area contributed by atoms with Gasteiger partial charge in [-0.05, 0) is 44.0 Å². The largest absolute Gasteiger partial charge is 0.324 e. The quantitative estimate of drug-likeness (QED) is 0.712. The van der Waals surface area contributed by atoms with Crippen molar-refractivity contribution in [3.63, 3.8) is 0 Å². The van der Waals surface area contributed by atoms with Gasteiger partial charge in [-0.15, -0.1) is 0 Å². The highest BCUT2D eigenvalue weighted by atomic mass is 32.2. The van der Waals surface area contributed by atoms with Crippen LogP contribution in [0, 0.1) is 6.92 Å². The molecule has 4 rings (SSSR count). The zero-order valence-corrected chi connectivity index (χ0v) is 16.3. The number of benzene rings is 1. The Labute approximate surface area is 164 Å². The number of nitrogens with zero attached hydrogens (tertiary/aromatic N) is 4. The summed E-state index contributed by atoms with van der Waals surface area (Å²) in [5.74, 6) is 1.21. The van der Waals surface area contributed by atoms with E-state index in [0.29, 0.717) is 35.2 Å². The van der Waals surface area contributed by atoms with E-state index < -0.39 is 10.0 Å². The molecule has 0 unspecified atom stereocenters. The molecule has 8 heteroatoms. The van der Waals surface area contributed by atoms with Crippen molar-refractivity contribution in [3.05, 3.63) is 72.3 Å². The van der Waals surface area contributed by atoms with Crippen molar-refractivity contribution in [3.8, 4) is 0 Å². The number of aromatic nitrogens is 3. The molecule has 1 atom stereocenters. The van der Waals surface area contributed by atoms with E-state index >= 15 is 0 Å². The van der Waals surface area contributed by atoms with Crippen LogP contribution in [-0.4, -0.2) is 34.2 Å². The first-order chi connectivity index (χ1) is 13.5. The number of pyridine rings is 1. The Morgan fingerprint density at radius 3 is 2.61 bits per heavy atom. The highest BCUT2D eigenvalue weighted by molar-refractivity contribution is 7.89. The summed E-state index contributed by atoms with van der Waals surface area (Å²) in [4.78, 5) is 13.6. The molecule has 144 valence electrons. The third-order valence-corrected chi connectivity index (χ3v) is 6.61. The predicted octanol–water partition coefficient (Wildman–Crippen LogP) is 3.45. The molecule has 2 aromatic heterocycles. The Hall–Kier alpha value is -2.84. The summed E-state index contributed by atoms with van der Waals surface area (Å²) in [6, 6.07) is 13.9. The van der Waals surface area contributed by atoms with Crippen LogP contribution < -0.4 is 5.32 Å². The number of anilines is 2. The maximum absolute atomic E-state index is 13.1. The first kappa shape index (κ1) is 18.5. The van der Waals surface area contributed by atoms with E-state index in [0.717, 1.165) is 12.1 Å². The van der Waals surface area contributed by atoms with E-state index in [4.69, 9.17) is 0 Å². The van der Waals surface area contributed by atoms with Gasteiger partial charge in [-0.3, -0.25) is 4.98 Å². The molecule has 0 aliphatic carbocycles. The number of hydrogen-bond acceptors (Lipinski definition) is 6. The van der Waals surface area contributed by atoms with E-state index in [9.17, 15) is 8.42 Å². The minimum atomic E-state index is -3.58. The first-order valence-electron chi connectivity index (χ1n) is 9.13. The third-order valence-electron chi connectivity index (χ3n) is 4.69. The second-order valence-electron chi connectivity index (χ2n) is 6.71. The second kappa shape index (κ2) is 7.65. The second-order valence-corrected chi connectivity index (χ2v) is 8.60. The maximum Gasteiger partial charge on any atom is 0.243 e. The summed E-state index contributed by atoms with van der Waals surface area (Å²) >= 11 is 0. The molecular weight excluding hydrogens is 374 g/mol. The average Bonchev–Trinajstić information content (AvgIpc) is 3.20. The topological polar surface area (TPSA) is 88.1 Å². The molecule has 3 aromatic rings. The lowest BCUT2D eigenvalue weighted by Gasteiger charge is -2.23. The van der Waals surface area contributed by atoms with Gasteiger partial charge in [0, 0.05) is 12.2 Å². The predicted molar refractivity (Wildman–Crippen MR) is 107 cm³/mol. The Morgan fingerprint density at radius 2 is 1.82 bits per heavy atom. The zero-order valence-electron chi connectivity index (χ0n) is 15.5. The van der Waals surface area contributed by atoms with Gasteiger partial charge in [0.1, 0.15) is 11.6 Å². The van der Waals surface area contributed by atoms with Gasteiger partial charge in [0.25, 0.3) is 0 Å². The normalized spacial score (nSPS) is 17.5. The highest BCUT2D eigenvalue weighted by Gasteiger charge is 2.37. The van der Waals surface area contributed by atoms with Crippen LogP contribution in [0.4, 0.5) is 11.6 Å². The number of nitrogens with one attached hydrogen (secondary N) is 1. The average molecular weight is 395 g/mol. The van der Waals surface area contributed by atoms with Crippen LogP contribution in [0.5, 0.6) is 0 Å². The van der Waals surface area contributed by atoms with Crippen molar-refractivity contribution in [2.24, 2.45) is 0 Å². The fraction of sp³-hybridized carbons (Fsp3) is 0.250. The first-order valence-corrected chi connectivity index (χ1v) is 10.6. The molecule has 0 radical (unpaired) electrons. The molecule has 1 aliphatic rings. The molecule has 0 amide bonds. The van der Waals surface area contributed by atoms with Crippen molar-refractivity contribution < 1.29 is 8.42 Å². The number of rotatable bonds is 5. The highest BCUT2D eigenvalue weighted by Crippen LogP contribution is 2.35.